The molecular weight excluding hydrogens is 462 g/mol. The van der Waals surface area contributed by atoms with E-state index in [1.165, 1.54) is 4.88 Å². The van der Waals surface area contributed by atoms with E-state index in [4.69, 9.17) is 9.72 Å². The number of nitrogens with one attached hydrogen (secondary N) is 1. The van der Waals surface area contributed by atoms with Crippen LogP contribution in [0.5, 0.6) is 0 Å². The van der Waals surface area contributed by atoms with E-state index < -0.39 is 5.60 Å². The van der Waals surface area contributed by atoms with E-state index >= 15 is 0 Å². The fraction of sp³-hybridized carbons (Fsp3) is 0.360. The highest BCUT2D eigenvalue weighted by Gasteiger charge is 2.26. The second-order valence-electron chi connectivity index (χ2n) is 9.67. The molecule has 4 aromatic rings. The van der Waals surface area contributed by atoms with Crippen LogP contribution >= 0.6 is 11.3 Å². The van der Waals surface area contributed by atoms with Gasteiger partial charge in [0.05, 0.1) is 35.3 Å². The number of thiophene rings is 1. The molecule has 0 radical (unpaired) electrons. The molecular formula is C25H29N7O2S. The minimum absolute atomic E-state index is 0.310. The Hall–Kier alpha value is -3.66. The number of imidazole rings is 1. The lowest BCUT2D eigenvalue weighted by atomic mass is 10.1. The summed E-state index contributed by atoms with van der Waals surface area (Å²) in [7, 11) is 1.89. The maximum atomic E-state index is 12.7. The summed E-state index contributed by atoms with van der Waals surface area (Å²) in [5.41, 5.74) is 3.82. The molecule has 9 nitrogen and oxygen atoms in total. The summed E-state index contributed by atoms with van der Waals surface area (Å²) in [4.78, 5) is 25.3. The Morgan fingerprint density at radius 1 is 1.20 bits per heavy atom. The smallest absolute Gasteiger partial charge is 0.410 e. The van der Waals surface area contributed by atoms with Gasteiger partial charge in [0.1, 0.15) is 5.60 Å². The highest BCUT2D eigenvalue weighted by molar-refractivity contribution is 7.16. The molecule has 0 aliphatic carbocycles. The van der Waals surface area contributed by atoms with Crippen molar-refractivity contribution in [2.24, 2.45) is 7.05 Å². The normalized spacial score (nSPS) is 14.3. The third kappa shape index (κ3) is 4.93. The van der Waals surface area contributed by atoms with Crippen LogP contribution in [-0.2, 0) is 11.8 Å². The molecule has 10 heteroatoms. The Morgan fingerprint density at radius 3 is 2.71 bits per heavy atom. The molecule has 0 unspecified atom stereocenters. The van der Waals surface area contributed by atoms with Crippen molar-refractivity contribution in [1.82, 2.24) is 29.0 Å². The standard InChI is InChI=1S/C25H29N7O2S/c1-16-8-9-21(35-16)29-22-23-26-12-20(18-11-27-30(5)13-18)32(23)15-19(28-22)17-7-6-10-31(14-17)24(33)34-25(2,3)4/h7-9,11-13,15H,6,10,14H2,1-5H3,(H,28,29). The van der Waals surface area contributed by atoms with Crippen LogP contribution in [0.2, 0.25) is 0 Å². The molecule has 1 aliphatic rings. The van der Waals surface area contributed by atoms with Gasteiger partial charge < -0.3 is 15.0 Å². The molecule has 35 heavy (non-hydrogen) atoms. The lowest BCUT2D eigenvalue weighted by molar-refractivity contribution is 0.0273. The Balaban J connectivity index is 1.55. The van der Waals surface area contributed by atoms with Crippen molar-refractivity contribution in [3.05, 3.63) is 53.6 Å². The number of anilines is 2. The Bertz CT molecular complexity index is 1420. The molecule has 0 fully saturated rings. The van der Waals surface area contributed by atoms with Crippen LogP contribution in [0.3, 0.4) is 0 Å². The van der Waals surface area contributed by atoms with E-state index in [-0.39, 0.29) is 6.09 Å². The fourth-order valence-electron chi connectivity index (χ4n) is 4.02. The van der Waals surface area contributed by atoms with Crippen LogP contribution in [0.15, 0.2) is 43.0 Å². The number of carbonyl (C=O) groups is 1. The van der Waals surface area contributed by atoms with Crippen LogP contribution in [0.4, 0.5) is 15.6 Å². The number of amides is 1. The van der Waals surface area contributed by atoms with Crippen LogP contribution in [0.1, 0.15) is 37.8 Å². The number of carbonyl (C=O) groups excluding carboxylic acids is 1. The fourth-order valence-corrected chi connectivity index (χ4v) is 4.79. The topological polar surface area (TPSA) is 89.6 Å². The van der Waals surface area contributed by atoms with Crippen molar-refractivity contribution in [3.8, 4) is 11.3 Å². The first-order valence-corrected chi connectivity index (χ1v) is 12.4. The maximum Gasteiger partial charge on any atom is 0.410 e. The Morgan fingerprint density at radius 2 is 2.03 bits per heavy atom. The number of aryl methyl sites for hydroxylation is 2. The summed E-state index contributed by atoms with van der Waals surface area (Å²) in [6.07, 6.45) is 10.2. The Kier molecular flexibility index (Phi) is 5.84. The van der Waals surface area contributed by atoms with Crippen LogP contribution in [0, 0.1) is 6.92 Å². The van der Waals surface area contributed by atoms with Gasteiger partial charge in [-0.05, 0) is 51.8 Å². The van der Waals surface area contributed by atoms with Crippen LogP contribution < -0.4 is 5.32 Å². The van der Waals surface area contributed by atoms with E-state index in [9.17, 15) is 4.79 Å². The maximum absolute atomic E-state index is 12.7. The van der Waals surface area contributed by atoms with Crippen molar-refractivity contribution in [3.63, 3.8) is 0 Å². The first-order chi connectivity index (χ1) is 16.7. The quantitative estimate of drug-likeness (QED) is 0.418. The summed E-state index contributed by atoms with van der Waals surface area (Å²) in [6.45, 7) is 8.76. The summed E-state index contributed by atoms with van der Waals surface area (Å²) in [6, 6.07) is 4.11. The van der Waals surface area contributed by atoms with Gasteiger partial charge in [-0.3, -0.25) is 9.08 Å². The highest BCUT2D eigenvalue weighted by Crippen LogP contribution is 2.31. The van der Waals surface area contributed by atoms with Gasteiger partial charge in [-0.2, -0.15) is 5.10 Å². The first-order valence-electron chi connectivity index (χ1n) is 11.5. The van der Waals surface area contributed by atoms with E-state index in [0.717, 1.165) is 39.6 Å². The van der Waals surface area contributed by atoms with Crippen LogP contribution in [0.25, 0.3) is 22.5 Å². The molecule has 0 spiro atoms. The summed E-state index contributed by atoms with van der Waals surface area (Å²) in [5, 5.41) is 8.77. The molecule has 1 N–H and O–H groups in total. The monoisotopic (exact) mass is 491 g/mol. The lowest BCUT2D eigenvalue weighted by Crippen LogP contribution is -2.39. The van der Waals surface area contributed by atoms with Gasteiger partial charge in [-0.1, -0.05) is 6.08 Å². The summed E-state index contributed by atoms with van der Waals surface area (Å²) in [5.74, 6) is 0.662. The number of ether oxygens (including phenoxy) is 1. The molecule has 4 aromatic heterocycles. The SMILES string of the molecule is Cc1ccc(Nc2nc(C3=CCCN(C(=O)OC(C)(C)C)C3)cn3c(-c4cnn(C)c4)cnc23)s1. The van der Waals surface area contributed by atoms with Gasteiger partial charge in [0.2, 0.25) is 0 Å². The average Bonchev–Trinajstić information content (AvgIpc) is 3.52. The van der Waals surface area contributed by atoms with E-state index in [2.05, 4.69) is 34.5 Å². The zero-order valence-corrected chi connectivity index (χ0v) is 21.4. The van der Waals surface area contributed by atoms with E-state index in [1.54, 1.807) is 20.9 Å². The van der Waals surface area contributed by atoms with Gasteiger partial charge >= 0.3 is 6.09 Å². The summed E-state index contributed by atoms with van der Waals surface area (Å²) >= 11 is 1.66. The van der Waals surface area contributed by atoms with E-state index in [0.29, 0.717) is 18.9 Å². The van der Waals surface area contributed by atoms with Crippen molar-refractivity contribution in [1.29, 1.82) is 0 Å². The first kappa shape index (κ1) is 23.1. The number of hydrogen-bond donors (Lipinski definition) is 1. The van der Waals surface area contributed by atoms with Crippen molar-refractivity contribution >= 4 is 39.5 Å². The third-order valence-electron chi connectivity index (χ3n) is 5.61. The van der Waals surface area contributed by atoms with Gasteiger partial charge in [0, 0.05) is 36.4 Å². The molecule has 1 aliphatic heterocycles. The minimum Gasteiger partial charge on any atom is -0.444 e. The zero-order chi connectivity index (χ0) is 24.7. The molecule has 0 aromatic carbocycles. The second-order valence-corrected chi connectivity index (χ2v) is 11.0. The third-order valence-corrected chi connectivity index (χ3v) is 6.52. The molecule has 5 rings (SSSR count). The number of fused-ring (bicyclic) bond motifs is 1. The van der Waals surface area contributed by atoms with Crippen molar-refractivity contribution < 1.29 is 9.53 Å². The molecule has 5 heterocycles. The molecule has 0 bridgehead atoms. The molecule has 0 saturated heterocycles. The number of aromatic nitrogens is 5. The van der Waals surface area contributed by atoms with Gasteiger partial charge in [-0.25, -0.2) is 14.8 Å². The van der Waals surface area contributed by atoms with Crippen LogP contribution in [-0.4, -0.2) is 53.8 Å². The number of hydrogen-bond acceptors (Lipinski definition) is 7. The van der Waals surface area contributed by atoms with Gasteiger partial charge in [0.25, 0.3) is 0 Å². The zero-order valence-electron chi connectivity index (χ0n) is 20.6. The van der Waals surface area contributed by atoms with Crippen molar-refractivity contribution in [2.75, 3.05) is 18.4 Å². The second kappa shape index (κ2) is 8.84. The largest absolute Gasteiger partial charge is 0.444 e. The summed E-state index contributed by atoms with van der Waals surface area (Å²) < 4.78 is 9.42. The molecule has 0 saturated carbocycles. The predicted molar refractivity (Wildman–Crippen MR) is 138 cm³/mol. The van der Waals surface area contributed by atoms with E-state index in [1.807, 2.05) is 63.1 Å². The molecule has 182 valence electrons. The molecule has 0 atom stereocenters. The average molecular weight is 492 g/mol. The minimum atomic E-state index is -0.541. The Labute approximate surface area is 208 Å². The van der Waals surface area contributed by atoms with Gasteiger partial charge in [-0.15, -0.1) is 11.3 Å². The predicted octanol–water partition coefficient (Wildman–Crippen LogP) is 5.27. The molecule has 1 amide bonds. The van der Waals surface area contributed by atoms with Crippen molar-refractivity contribution in [2.45, 2.75) is 39.7 Å². The number of rotatable bonds is 4. The highest BCUT2D eigenvalue weighted by atomic mass is 32.1. The van der Waals surface area contributed by atoms with Gasteiger partial charge in [0.15, 0.2) is 11.5 Å². The lowest BCUT2D eigenvalue weighted by Gasteiger charge is -2.30. The number of nitrogens with zero attached hydrogens (tertiary/aromatic N) is 6.